The molecule has 0 aromatic carbocycles. The molecule has 0 amide bonds. The fraction of sp³-hybridized carbons (Fsp3) is 0.455. The second-order valence-electron chi connectivity index (χ2n) is 3.94. The SMILES string of the molecule is Cc1ccnc(N2CCNCC2C(=O)O)c1.Cl. The highest BCUT2D eigenvalue weighted by molar-refractivity contribution is 5.85. The number of piperazine rings is 1. The number of nitrogens with one attached hydrogen (secondary N) is 1. The highest BCUT2D eigenvalue weighted by Gasteiger charge is 2.29. The van der Waals surface area contributed by atoms with Gasteiger partial charge in [-0.3, -0.25) is 0 Å². The van der Waals surface area contributed by atoms with Gasteiger partial charge in [0.1, 0.15) is 11.9 Å². The highest BCUT2D eigenvalue weighted by Crippen LogP contribution is 2.16. The lowest BCUT2D eigenvalue weighted by molar-refractivity contribution is -0.138. The molecule has 1 saturated heterocycles. The summed E-state index contributed by atoms with van der Waals surface area (Å²) in [5, 5.41) is 12.2. The first-order valence-electron chi connectivity index (χ1n) is 5.31. The summed E-state index contributed by atoms with van der Waals surface area (Å²) in [7, 11) is 0. The Labute approximate surface area is 106 Å². The number of aromatic nitrogens is 1. The van der Waals surface area contributed by atoms with Gasteiger partial charge >= 0.3 is 5.97 Å². The van der Waals surface area contributed by atoms with Crippen molar-refractivity contribution in [2.24, 2.45) is 0 Å². The lowest BCUT2D eigenvalue weighted by atomic mass is 10.2. The van der Waals surface area contributed by atoms with Crippen molar-refractivity contribution in [1.29, 1.82) is 0 Å². The van der Waals surface area contributed by atoms with Crippen LogP contribution < -0.4 is 10.2 Å². The van der Waals surface area contributed by atoms with E-state index in [0.717, 1.165) is 17.9 Å². The van der Waals surface area contributed by atoms with Gasteiger partial charge < -0.3 is 15.3 Å². The number of rotatable bonds is 2. The summed E-state index contributed by atoms with van der Waals surface area (Å²) in [4.78, 5) is 17.2. The molecule has 1 aliphatic heterocycles. The first kappa shape index (κ1) is 13.7. The Bertz CT molecular complexity index is 400. The van der Waals surface area contributed by atoms with Crippen LogP contribution in [0, 0.1) is 6.92 Å². The topological polar surface area (TPSA) is 65.5 Å². The number of aryl methyl sites for hydroxylation is 1. The molecule has 1 fully saturated rings. The number of carboxylic acid groups (broad SMARTS) is 1. The van der Waals surface area contributed by atoms with Gasteiger partial charge in [-0.15, -0.1) is 12.4 Å². The molecule has 1 aromatic rings. The number of carboxylic acids is 1. The molecule has 0 radical (unpaired) electrons. The van der Waals surface area contributed by atoms with E-state index < -0.39 is 12.0 Å². The van der Waals surface area contributed by atoms with E-state index in [-0.39, 0.29) is 12.4 Å². The number of hydrogen-bond donors (Lipinski definition) is 2. The van der Waals surface area contributed by atoms with Crippen molar-refractivity contribution >= 4 is 24.2 Å². The Morgan fingerprint density at radius 2 is 2.41 bits per heavy atom. The van der Waals surface area contributed by atoms with Gasteiger partial charge in [0.2, 0.25) is 0 Å². The summed E-state index contributed by atoms with van der Waals surface area (Å²) in [5.41, 5.74) is 1.09. The molecule has 2 N–H and O–H groups in total. The predicted octanol–water partition coefficient (Wildman–Crippen LogP) is 0.675. The largest absolute Gasteiger partial charge is 0.480 e. The van der Waals surface area contributed by atoms with Crippen molar-refractivity contribution in [2.45, 2.75) is 13.0 Å². The second-order valence-corrected chi connectivity index (χ2v) is 3.94. The van der Waals surface area contributed by atoms with Crippen LogP contribution in [0.15, 0.2) is 18.3 Å². The van der Waals surface area contributed by atoms with Crippen LogP contribution in [0.5, 0.6) is 0 Å². The van der Waals surface area contributed by atoms with Gasteiger partial charge in [0.05, 0.1) is 0 Å². The Morgan fingerprint density at radius 3 is 3.06 bits per heavy atom. The van der Waals surface area contributed by atoms with Crippen molar-refractivity contribution < 1.29 is 9.90 Å². The zero-order chi connectivity index (χ0) is 11.5. The molecule has 0 saturated carbocycles. The molecule has 0 spiro atoms. The minimum absolute atomic E-state index is 0. The van der Waals surface area contributed by atoms with E-state index in [1.807, 2.05) is 24.0 Å². The van der Waals surface area contributed by atoms with Crippen molar-refractivity contribution in [2.75, 3.05) is 24.5 Å². The summed E-state index contributed by atoms with van der Waals surface area (Å²) >= 11 is 0. The summed E-state index contributed by atoms with van der Waals surface area (Å²) in [5.74, 6) is -0.0654. The van der Waals surface area contributed by atoms with Crippen molar-refractivity contribution in [3.05, 3.63) is 23.9 Å². The van der Waals surface area contributed by atoms with Gasteiger partial charge in [-0.1, -0.05) is 0 Å². The predicted molar refractivity (Wildman–Crippen MR) is 67.9 cm³/mol. The Hall–Kier alpha value is -1.33. The molecule has 0 bridgehead atoms. The summed E-state index contributed by atoms with van der Waals surface area (Å²) in [6.07, 6.45) is 1.71. The maximum Gasteiger partial charge on any atom is 0.327 e. The van der Waals surface area contributed by atoms with E-state index in [4.69, 9.17) is 5.11 Å². The third-order valence-electron chi connectivity index (χ3n) is 2.72. The van der Waals surface area contributed by atoms with Crippen molar-refractivity contribution in [3.8, 4) is 0 Å². The van der Waals surface area contributed by atoms with E-state index >= 15 is 0 Å². The molecular formula is C11H16ClN3O2. The minimum atomic E-state index is -0.810. The fourth-order valence-electron chi connectivity index (χ4n) is 1.88. The number of halogens is 1. The van der Waals surface area contributed by atoms with Gasteiger partial charge in [0.25, 0.3) is 0 Å². The molecule has 0 aliphatic carbocycles. The summed E-state index contributed by atoms with van der Waals surface area (Å²) < 4.78 is 0. The molecule has 94 valence electrons. The Kier molecular flexibility index (Phi) is 4.72. The van der Waals surface area contributed by atoms with Crippen LogP contribution in [0.25, 0.3) is 0 Å². The van der Waals surface area contributed by atoms with Crippen LogP contribution in [0.3, 0.4) is 0 Å². The van der Waals surface area contributed by atoms with E-state index in [1.54, 1.807) is 6.20 Å². The zero-order valence-corrected chi connectivity index (χ0v) is 10.4. The first-order chi connectivity index (χ1) is 7.68. The third-order valence-corrected chi connectivity index (χ3v) is 2.72. The fourth-order valence-corrected chi connectivity index (χ4v) is 1.88. The summed E-state index contributed by atoms with van der Waals surface area (Å²) in [6, 6.07) is 3.30. The molecular weight excluding hydrogens is 242 g/mol. The Balaban J connectivity index is 0.00000144. The van der Waals surface area contributed by atoms with E-state index in [0.29, 0.717) is 13.1 Å². The summed E-state index contributed by atoms with van der Waals surface area (Å²) in [6.45, 7) is 3.90. The van der Waals surface area contributed by atoms with Gasteiger partial charge in [0, 0.05) is 25.8 Å². The highest BCUT2D eigenvalue weighted by atomic mass is 35.5. The molecule has 6 heteroatoms. The van der Waals surface area contributed by atoms with Crippen LogP contribution >= 0.6 is 12.4 Å². The molecule has 1 atom stereocenters. The van der Waals surface area contributed by atoms with E-state index in [2.05, 4.69) is 10.3 Å². The number of carbonyl (C=O) groups is 1. The standard InChI is InChI=1S/C11H15N3O2.ClH/c1-8-2-3-13-10(6-8)14-5-4-12-7-9(14)11(15)16;/h2-3,6,9,12H,4-5,7H2,1H3,(H,15,16);1H. The molecule has 2 heterocycles. The molecule has 17 heavy (non-hydrogen) atoms. The van der Waals surface area contributed by atoms with Gasteiger partial charge in [0.15, 0.2) is 0 Å². The van der Waals surface area contributed by atoms with Gasteiger partial charge in [-0.2, -0.15) is 0 Å². The average Bonchev–Trinajstić information content (AvgIpc) is 2.29. The molecule has 2 rings (SSSR count). The van der Waals surface area contributed by atoms with Crippen LogP contribution in [0.1, 0.15) is 5.56 Å². The van der Waals surface area contributed by atoms with Crippen LogP contribution in [0.2, 0.25) is 0 Å². The monoisotopic (exact) mass is 257 g/mol. The molecule has 1 unspecified atom stereocenters. The third kappa shape index (κ3) is 3.08. The lowest BCUT2D eigenvalue weighted by Gasteiger charge is -2.34. The Morgan fingerprint density at radius 1 is 1.65 bits per heavy atom. The smallest absolute Gasteiger partial charge is 0.327 e. The zero-order valence-electron chi connectivity index (χ0n) is 9.59. The number of anilines is 1. The quantitative estimate of drug-likeness (QED) is 0.816. The van der Waals surface area contributed by atoms with Crippen LogP contribution in [-0.4, -0.2) is 41.7 Å². The minimum Gasteiger partial charge on any atom is -0.480 e. The second kappa shape index (κ2) is 5.84. The van der Waals surface area contributed by atoms with Gasteiger partial charge in [-0.05, 0) is 24.6 Å². The lowest BCUT2D eigenvalue weighted by Crippen LogP contribution is -2.55. The first-order valence-corrected chi connectivity index (χ1v) is 5.31. The molecule has 1 aromatic heterocycles. The van der Waals surface area contributed by atoms with E-state index in [9.17, 15) is 4.79 Å². The van der Waals surface area contributed by atoms with Crippen molar-refractivity contribution in [3.63, 3.8) is 0 Å². The molecule has 1 aliphatic rings. The maximum atomic E-state index is 11.1. The van der Waals surface area contributed by atoms with Crippen LogP contribution in [0.4, 0.5) is 5.82 Å². The molecule has 5 nitrogen and oxygen atoms in total. The number of nitrogens with zero attached hydrogens (tertiary/aromatic N) is 2. The number of aliphatic carboxylic acids is 1. The normalized spacial score (nSPS) is 19.6. The van der Waals surface area contributed by atoms with Crippen LogP contribution in [-0.2, 0) is 4.79 Å². The maximum absolute atomic E-state index is 11.1. The average molecular weight is 258 g/mol. The van der Waals surface area contributed by atoms with Gasteiger partial charge in [-0.25, -0.2) is 9.78 Å². The number of hydrogen-bond acceptors (Lipinski definition) is 4. The van der Waals surface area contributed by atoms with Crippen molar-refractivity contribution in [1.82, 2.24) is 10.3 Å². The van der Waals surface area contributed by atoms with E-state index in [1.165, 1.54) is 0 Å². The number of pyridine rings is 1.